The van der Waals surface area contributed by atoms with Gasteiger partial charge in [-0.1, -0.05) is 30.0 Å². The molecule has 0 aliphatic heterocycles. The van der Waals surface area contributed by atoms with Crippen LogP contribution < -0.4 is 15.6 Å². The molecule has 6 nitrogen and oxygen atoms in total. The van der Waals surface area contributed by atoms with Gasteiger partial charge in [-0.05, 0) is 67.8 Å². The largest absolute Gasteiger partial charge is 0.495 e. The van der Waals surface area contributed by atoms with E-state index in [2.05, 4.69) is 5.32 Å². The summed E-state index contributed by atoms with van der Waals surface area (Å²) in [5, 5.41) is 4.14. The molecule has 1 amide bonds. The Hall–Kier alpha value is -2.75. The molecule has 180 valence electrons. The highest BCUT2D eigenvalue weighted by atomic mass is 32.2. The molecule has 5 rings (SSSR count). The number of nitrogens with one attached hydrogen (secondary N) is 1. The first-order valence-corrected chi connectivity index (χ1v) is 14.4. The van der Waals surface area contributed by atoms with E-state index in [1.807, 2.05) is 54.8 Å². The number of hydrogen-bond acceptors (Lipinski definition) is 7. The van der Waals surface area contributed by atoms with Crippen molar-refractivity contribution in [2.75, 3.05) is 24.4 Å². The summed E-state index contributed by atoms with van der Waals surface area (Å²) in [6.45, 7) is 0. The number of carbonyl (C=O) groups excluding carboxylic acids is 1. The third-order valence-corrected chi connectivity index (χ3v) is 8.82. The normalized spacial score (nSPS) is 13.0. The number of aryl methyl sites for hydroxylation is 2. The molecule has 9 heteroatoms. The molecule has 2 heterocycles. The lowest BCUT2D eigenvalue weighted by molar-refractivity contribution is -0.113. The molecule has 4 aromatic rings. The van der Waals surface area contributed by atoms with Gasteiger partial charge in [-0.25, -0.2) is 4.98 Å². The minimum absolute atomic E-state index is 0.102. The van der Waals surface area contributed by atoms with Gasteiger partial charge in [0.1, 0.15) is 10.6 Å². The Balaban J connectivity index is 1.53. The van der Waals surface area contributed by atoms with E-state index in [0.29, 0.717) is 22.0 Å². The van der Waals surface area contributed by atoms with Gasteiger partial charge in [0.2, 0.25) is 5.91 Å². The number of nitrogens with zero attached hydrogens (tertiary/aromatic N) is 2. The number of thiophene rings is 1. The van der Waals surface area contributed by atoms with Gasteiger partial charge in [-0.3, -0.25) is 14.2 Å². The zero-order valence-corrected chi connectivity index (χ0v) is 21.9. The van der Waals surface area contributed by atoms with Crippen LogP contribution in [-0.2, 0) is 17.6 Å². The molecular weight excluding hydrogens is 499 g/mol. The predicted octanol–water partition coefficient (Wildman–Crippen LogP) is 5.79. The number of benzene rings is 2. The molecule has 2 aromatic heterocycles. The molecule has 0 fully saturated rings. The Bertz CT molecular complexity index is 1460. The fourth-order valence-corrected chi connectivity index (χ4v) is 6.91. The predicted molar refractivity (Wildman–Crippen MR) is 146 cm³/mol. The number of aromatic nitrogens is 2. The summed E-state index contributed by atoms with van der Waals surface area (Å²) in [7, 11) is 1.59. The SMILES string of the molecule is COc1ccccc1-n1c(SCC(=O)Nc2cccc(SC)c2)nc2sc3c(c2c1=O)CCCC3. The number of methoxy groups -OCH3 is 1. The molecule has 0 spiro atoms. The second-order valence-electron chi connectivity index (χ2n) is 8.17. The van der Waals surface area contributed by atoms with E-state index in [1.165, 1.54) is 16.6 Å². The average molecular weight is 524 g/mol. The molecule has 0 unspecified atom stereocenters. The van der Waals surface area contributed by atoms with Crippen LogP contribution in [0.5, 0.6) is 5.75 Å². The van der Waals surface area contributed by atoms with E-state index in [9.17, 15) is 9.59 Å². The summed E-state index contributed by atoms with van der Waals surface area (Å²) in [4.78, 5) is 34.7. The molecule has 35 heavy (non-hydrogen) atoms. The highest BCUT2D eigenvalue weighted by molar-refractivity contribution is 7.99. The third-order valence-electron chi connectivity index (χ3n) is 5.97. The van der Waals surface area contributed by atoms with Crippen LogP contribution in [-0.4, -0.2) is 34.6 Å². The van der Waals surface area contributed by atoms with Crippen molar-refractivity contribution in [2.45, 2.75) is 35.7 Å². The topological polar surface area (TPSA) is 73.2 Å². The number of anilines is 1. The van der Waals surface area contributed by atoms with E-state index in [1.54, 1.807) is 34.8 Å². The Labute approximate surface area is 216 Å². The van der Waals surface area contributed by atoms with Crippen molar-refractivity contribution in [1.82, 2.24) is 9.55 Å². The first-order chi connectivity index (χ1) is 17.1. The highest BCUT2D eigenvalue weighted by Gasteiger charge is 2.24. The van der Waals surface area contributed by atoms with Crippen molar-refractivity contribution in [2.24, 2.45) is 0 Å². The van der Waals surface area contributed by atoms with Crippen LogP contribution in [0, 0.1) is 0 Å². The first-order valence-electron chi connectivity index (χ1n) is 11.4. The number of thioether (sulfide) groups is 2. The summed E-state index contributed by atoms with van der Waals surface area (Å²) < 4.78 is 7.17. The molecule has 0 atom stereocenters. The van der Waals surface area contributed by atoms with Gasteiger partial charge in [0.05, 0.1) is 23.9 Å². The average Bonchev–Trinajstić information content (AvgIpc) is 3.26. The van der Waals surface area contributed by atoms with Crippen LogP contribution in [0.25, 0.3) is 15.9 Å². The number of rotatable bonds is 7. The Kier molecular flexibility index (Phi) is 7.17. The van der Waals surface area contributed by atoms with Crippen LogP contribution in [0.1, 0.15) is 23.3 Å². The summed E-state index contributed by atoms with van der Waals surface area (Å²) in [6.07, 6.45) is 6.12. The van der Waals surface area contributed by atoms with Crippen LogP contribution in [0.4, 0.5) is 5.69 Å². The number of fused-ring (bicyclic) bond motifs is 3. The number of amides is 1. The van der Waals surface area contributed by atoms with Crippen molar-refractivity contribution in [1.29, 1.82) is 0 Å². The van der Waals surface area contributed by atoms with Gasteiger partial charge >= 0.3 is 0 Å². The van der Waals surface area contributed by atoms with E-state index < -0.39 is 0 Å². The summed E-state index contributed by atoms with van der Waals surface area (Å²) in [5.41, 5.74) is 2.41. The van der Waals surface area contributed by atoms with Gasteiger partial charge in [0, 0.05) is 15.5 Å². The molecule has 1 N–H and O–H groups in total. The maximum Gasteiger partial charge on any atom is 0.267 e. The van der Waals surface area contributed by atoms with Gasteiger partial charge in [-0.2, -0.15) is 0 Å². The lowest BCUT2D eigenvalue weighted by atomic mass is 9.97. The van der Waals surface area contributed by atoms with Crippen LogP contribution >= 0.6 is 34.9 Å². The number of hydrogen-bond donors (Lipinski definition) is 1. The van der Waals surface area contributed by atoms with Crippen molar-refractivity contribution in [3.63, 3.8) is 0 Å². The van der Waals surface area contributed by atoms with Crippen molar-refractivity contribution < 1.29 is 9.53 Å². The van der Waals surface area contributed by atoms with Gasteiger partial charge in [-0.15, -0.1) is 23.1 Å². The third kappa shape index (κ3) is 4.85. The molecular formula is C26H25N3O3S3. The maximum absolute atomic E-state index is 13.9. The number of para-hydroxylation sites is 2. The Morgan fingerprint density at radius 1 is 1.17 bits per heavy atom. The molecule has 0 radical (unpaired) electrons. The minimum atomic E-state index is -0.153. The quantitative estimate of drug-likeness (QED) is 0.244. The first kappa shape index (κ1) is 24.0. The smallest absolute Gasteiger partial charge is 0.267 e. The lowest BCUT2D eigenvalue weighted by Gasteiger charge is -2.15. The fourth-order valence-electron chi connectivity index (χ4n) is 4.34. The second kappa shape index (κ2) is 10.5. The standard InChI is InChI=1S/C26H25N3O3S3/c1-32-20-12-5-4-11-19(20)29-25(31)23-18-10-3-6-13-21(18)35-24(23)28-26(29)34-15-22(30)27-16-8-7-9-17(14-16)33-2/h4-5,7-9,11-12,14H,3,6,10,13,15H2,1-2H3,(H,27,30). The summed E-state index contributed by atoms with van der Waals surface area (Å²) in [5.74, 6) is 0.557. The Morgan fingerprint density at radius 2 is 2.00 bits per heavy atom. The zero-order valence-electron chi connectivity index (χ0n) is 19.5. The zero-order chi connectivity index (χ0) is 24.4. The highest BCUT2D eigenvalue weighted by Crippen LogP contribution is 2.36. The molecule has 0 saturated heterocycles. The van der Waals surface area contributed by atoms with E-state index in [4.69, 9.17) is 9.72 Å². The van der Waals surface area contributed by atoms with Crippen molar-refractivity contribution >= 4 is 56.7 Å². The van der Waals surface area contributed by atoms with Crippen molar-refractivity contribution in [3.05, 3.63) is 69.3 Å². The number of ether oxygens (including phenoxy) is 1. The van der Waals surface area contributed by atoms with E-state index in [-0.39, 0.29) is 17.2 Å². The van der Waals surface area contributed by atoms with Crippen LogP contribution in [0.3, 0.4) is 0 Å². The monoisotopic (exact) mass is 523 g/mol. The molecule has 0 bridgehead atoms. The van der Waals surface area contributed by atoms with Crippen LogP contribution in [0.15, 0.2) is 63.4 Å². The number of carbonyl (C=O) groups is 1. The summed E-state index contributed by atoms with van der Waals surface area (Å²) in [6, 6.07) is 15.2. The van der Waals surface area contributed by atoms with Gasteiger partial charge in [0.15, 0.2) is 5.16 Å². The second-order valence-corrected chi connectivity index (χ2v) is 11.1. The van der Waals surface area contributed by atoms with E-state index >= 15 is 0 Å². The molecule has 2 aromatic carbocycles. The minimum Gasteiger partial charge on any atom is -0.495 e. The fraction of sp³-hybridized carbons (Fsp3) is 0.269. The van der Waals surface area contributed by atoms with Gasteiger partial charge < -0.3 is 10.1 Å². The molecule has 0 saturated carbocycles. The Morgan fingerprint density at radius 3 is 2.83 bits per heavy atom. The molecule has 1 aliphatic carbocycles. The van der Waals surface area contributed by atoms with Crippen LogP contribution in [0.2, 0.25) is 0 Å². The van der Waals surface area contributed by atoms with E-state index in [0.717, 1.165) is 46.7 Å². The maximum atomic E-state index is 13.9. The lowest BCUT2D eigenvalue weighted by Crippen LogP contribution is -2.23. The van der Waals surface area contributed by atoms with Crippen molar-refractivity contribution in [3.8, 4) is 11.4 Å². The van der Waals surface area contributed by atoms with Gasteiger partial charge in [0.25, 0.3) is 5.56 Å². The summed E-state index contributed by atoms with van der Waals surface area (Å²) >= 11 is 4.49. The molecule has 1 aliphatic rings.